The number of allylic oxidation sites excluding steroid dienone is 1. The van der Waals surface area contributed by atoms with E-state index in [4.69, 9.17) is 10.5 Å². The molecule has 138 valence electrons. The summed E-state index contributed by atoms with van der Waals surface area (Å²) in [5.74, 6) is 0.677. The SMILES string of the molecule is C=N/C(N)=C(\N=C(/C)c1ccc(OC)c(NS(C)(=O)=O)c1)C(C)(C)C. The van der Waals surface area contributed by atoms with Gasteiger partial charge in [-0.3, -0.25) is 9.71 Å². The monoisotopic (exact) mass is 366 g/mol. The molecule has 0 amide bonds. The minimum Gasteiger partial charge on any atom is -0.495 e. The number of ether oxygens (including phenoxy) is 1. The van der Waals surface area contributed by atoms with Gasteiger partial charge in [0.05, 0.1) is 24.7 Å². The highest BCUT2D eigenvalue weighted by molar-refractivity contribution is 7.92. The molecule has 1 aromatic carbocycles. The predicted molar refractivity (Wildman–Crippen MR) is 104 cm³/mol. The molecule has 1 aromatic rings. The van der Waals surface area contributed by atoms with E-state index in [1.54, 1.807) is 18.2 Å². The number of methoxy groups -OCH3 is 1. The van der Waals surface area contributed by atoms with Crippen molar-refractivity contribution >= 4 is 28.1 Å². The third-order valence-corrected chi connectivity index (χ3v) is 3.91. The molecule has 0 spiro atoms. The molecule has 0 aliphatic carbocycles. The van der Waals surface area contributed by atoms with Gasteiger partial charge in [-0.25, -0.2) is 13.4 Å². The van der Waals surface area contributed by atoms with Gasteiger partial charge in [0, 0.05) is 11.1 Å². The van der Waals surface area contributed by atoms with Crippen LogP contribution in [0.3, 0.4) is 0 Å². The summed E-state index contributed by atoms with van der Waals surface area (Å²) in [6, 6.07) is 5.14. The van der Waals surface area contributed by atoms with E-state index in [1.807, 2.05) is 27.7 Å². The zero-order valence-electron chi connectivity index (χ0n) is 15.5. The lowest BCUT2D eigenvalue weighted by atomic mass is 9.91. The summed E-state index contributed by atoms with van der Waals surface area (Å²) in [6.45, 7) is 11.2. The average molecular weight is 366 g/mol. The first-order valence-corrected chi connectivity index (χ1v) is 9.46. The summed E-state index contributed by atoms with van der Waals surface area (Å²) >= 11 is 0. The molecular formula is C17H26N4O3S. The summed E-state index contributed by atoms with van der Waals surface area (Å²) in [5.41, 5.74) is 7.93. The Balaban J connectivity index is 3.45. The fourth-order valence-corrected chi connectivity index (χ4v) is 2.69. The number of rotatable bonds is 6. The quantitative estimate of drug-likeness (QED) is 0.755. The first-order chi connectivity index (χ1) is 11.4. The molecule has 8 heteroatoms. The van der Waals surface area contributed by atoms with E-state index in [0.29, 0.717) is 22.8 Å². The third kappa shape index (κ3) is 5.90. The number of aliphatic imine (C=N–C) groups is 2. The summed E-state index contributed by atoms with van der Waals surface area (Å²) in [4.78, 5) is 8.39. The van der Waals surface area contributed by atoms with E-state index in [1.165, 1.54) is 7.11 Å². The van der Waals surface area contributed by atoms with Crippen molar-refractivity contribution in [2.45, 2.75) is 27.7 Å². The van der Waals surface area contributed by atoms with Crippen LogP contribution in [0.25, 0.3) is 0 Å². The number of sulfonamides is 1. The second-order valence-electron chi connectivity index (χ2n) is 6.63. The molecule has 0 atom stereocenters. The molecule has 0 radical (unpaired) electrons. The molecule has 1 rings (SSSR count). The number of anilines is 1. The van der Waals surface area contributed by atoms with Crippen LogP contribution in [0.2, 0.25) is 0 Å². The molecular weight excluding hydrogens is 340 g/mol. The molecule has 3 N–H and O–H groups in total. The van der Waals surface area contributed by atoms with Crippen LogP contribution in [0.1, 0.15) is 33.3 Å². The van der Waals surface area contributed by atoms with Gasteiger partial charge in [0.1, 0.15) is 11.6 Å². The van der Waals surface area contributed by atoms with Crippen LogP contribution in [-0.2, 0) is 10.0 Å². The zero-order chi connectivity index (χ0) is 19.4. The van der Waals surface area contributed by atoms with Crippen molar-refractivity contribution in [2.75, 3.05) is 18.1 Å². The first kappa shape index (κ1) is 20.7. The topological polar surface area (TPSA) is 106 Å². The van der Waals surface area contributed by atoms with Gasteiger partial charge in [0.15, 0.2) is 0 Å². The molecule has 7 nitrogen and oxygen atoms in total. The van der Waals surface area contributed by atoms with Crippen LogP contribution in [0.15, 0.2) is 39.7 Å². The Morgan fingerprint density at radius 3 is 2.36 bits per heavy atom. The lowest BCUT2D eigenvalue weighted by molar-refractivity contribution is 0.417. The van der Waals surface area contributed by atoms with E-state index in [2.05, 4.69) is 21.4 Å². The number of benzene rings is 1. The van der Waals surface area contributed by atoms with Crippen molar-refractivity contribution in [1.29, 1.82) is 0 Å². The molecule has 25 heavy (non-hydrogen) atoms. The Hall–Kier alpha value is -2.35. The third-order valence-electron chi connectivity index (χ3n) is 3.32. The number of nitrogens with zero attached hydrogens (tertiary/aromatic N) is 2. The highest BCUT2D eigenvalue weighted by atomic mass is 32.2. The Bertz CT molecular complexity index is 819. The van der Waals surface area contributed by atoms with Gasteiger partial charge in [0.25, 0.3) is 0 Å². The second-order valence-corrected chi connectivity index (χ2v) is 8.38. The van der Waals surface area contributed by atoms with Crippen molar-refractivity contribution in [3.8, 4) is 5.75 Å². The van der Waals surface area contributed by atoms with Crippen LogP contribution in [0.5, 0.6) is 5.75 Å². The molecule has 0 heterocycles. The van der Waals surface area contributed by atoms with Crippen LogP contribution in [-0.4, -0.2) is 34.2 Å². The normalized spacial score (nSPS) is 13.9. The van der Waals surface area contributed by atoms with Crippen molar-refractivity contribution in [1.82, 2.24) is 0 Å². The van der Waals surface area contributed by atoms with Gasteiger partial charge in [-0.15, -0.1) is 0 Å². The summed E-state index contributed by atoms with van der Waals surface area (Å²) in [7, 11) is -1.97. The minimum atomic E-state index is -3.44. The summed E-state index contributed by atoms with van der Waals surface area (Å²) in [6.07, 6.45) is 1.08. The summed E-state index contributed by atoms with van der Waals surface area (Å²) < 4.78 is 30.7. The summed E-state index contributed by atoms with van der Waals surface area (Å²) in [5, 5.41) is 0. The van der Waals surface area contributed by atoms with Crippen molar-refractivity contribution in [3.63, 3.8) is 0 Å². The highest BCUT2D eigenvalue weighted by Gasteiger charge is 2.21. The number of hydrogen-bond acceptors (Lipinski definition) is 6. The molecule has 0 bridgehead atoms. The van der Waals surface area contributed by atoms with Crippen LogP contribution in [0.4, 0.5) is 5.69 Å². The van der Waals surface area contributed by atoms with E-state index in [-0.39, 0.29) is 11.2 Å². The number of nitrogens with one attached hydrogen (secondary N) is 1. The van der Waals surface area contributed by atoms with E-state index in [0.717, 1.165) is 11.8 Å². The molecule has 0 fully saturated rings. The largest absolute Gasteiger partial charge is 0.495 e. The maximum absolute atomic E-state index is 11.5. The van der Waals surface area contributed by atoms with Gasteiger partial charge in [-0.2, -0.15) is 0 Å². The lowest BCUT2D eigenvalue weighted by Gasteiger charge is -2.21. The fourth-order valence-electron chi connectivity index (χ4n) is 2.13. The highest BCUT2D eigenvalue weighted by Crippen LogP contribution is 2.30. The van der Waals surface area contributed by atoms with Gasteiger partial charge in [0.2, 0.25) is 10.0 Å². The van der Waals surface area contributed by atoms with Crippen molar-refractivity contribution in [3.05, 3.63) is 35.3 Å². The van der Waals surface area contributed by atoms with E-state index < -0.39 is 10.0 Å². The molecule has 0 unspecified atom stereocenters. The molecule has 0 aliphatic heterocycles. The fraction of sp³-hybridized carbons (Fsp3) is 0.412. The molecule has 0 saturated carbocycles. The number of nitrogens with two attached hydrogens (primary N) is 1. The molecule has 0 aromatic heterocycles. The minimum absolute atomic E-state index is 0.259. The maximum atomic E-state index is 11.5. The predicted octanol–water partition coefficient (Wildman–Crippen LogP) is 2.75. The Morgan fingerprint density at radius 2 is 1.92 bits per heavy atom. The molecule has 0 saturated heterocycles. The maximum Gasteiger partial charge on any atom is 0.229 e. The standard InChI is InChI=1S/C17H26N4O3S/c1-11(20-15(16(18)19-5)17(2,3)4)12-8-9-14(24-6)13(10-12)21-25(7,22)23/h8-10,21H,5,18H2,1-4,6-7H3/b16-15-,20-11+. The van der Waals surface area contributed by atoms with Gasteiger partial charge >= 0.3 is 0 Å². The lowest BCUT2D eigenvalue weighted by Crippen LogP contribution is -2.15. The number of hydrogen-bond donors (Lipinski definition) is 2. The Morgan fingerprint density at radius 1 is 1.32 bits per heavy atom. The smallest absolute Gasteiger partial charge is 0.229 e. The van der Waals surface area contributed by atoms with Crippen LogP contribution >= 0.6 is 0 Å². The van der Waals surface area contributed by atoms with Gasteiger partial charge in [-0.05, 0) is 37.4 Å². The van der Waals surface area contributed by atoms with E-state index in [9.17, 15) is 8.42 Å². The average Bonchev–Trinajstić information content (AvgIpc) is 2.48. The van der Waals surface area contributed by atoms with E-state index >= 15 is 0 Å². The second kappa shape index (κ2) is 7.69. The van der Waals surface area contributed by atoms with Crippen molar-refractivity contribution < 1.29 is 13.2 Å². The first-order valence-electron chi connectivity index (χ1n) is 7.57. The Kier molecular flexibility index (Phi) is 6.37. The molecule has 0 aliphatic rings. The van der Waals surface area contributed by atoms with Crippen molar-refractivity contribution in [2.24, 2.45) is 21.1 Å². The van der Waals surface area contributed by atoms with Crippen LogP contribution < -0.4 is 15.2 Å². The van der Waals surface area contributed by atoms with Gasteiger partial charge in [-0.1, -0.05) is 20.8 Å². The van der Waals surface area contributed by atoms with Gasteiger partial charge < -0.3 is 10.5 Å². The van der Waals surface area contributed by atoms with Crippen LogP contribution in [0, 0.1) is 5.41 Å². The zero-order valence-corrected chi connectivity index (χ0v) is 16.4. The Labute approximate surface area is 149 Å².